The van der Waals surface area contributed by atoms with Crippen molar-refractivity contribution in [3.8, 4) is 0 Å². The van der Waals surface area contributed by atoms with Gasteiger partial charge in [-0.25, -0.2) is 0 Å². The Balaban J connectivity index is 1.90. The number of halogens is 1. The molecule has 0 bridgehead atoms. The van der Waals surface area contributed by atoms with Crippen LogP contribution in [0.1, 0.15) is 26.7 Å². The Labute approximate surface area is 123 Å². The van der Waals surface area contributed by atoms with E-state index in [1.54, 1.807) is 0 Å². The first-order valence-electron chi connectivity index (χ1n) is 6.87. The summed E-state index contributed by atoms with van der Waals surface area (Å²) < 4.78 is 1.02. The number of likely N-dealkylation sites (tertiary alicyclic amines) is 1. The molecule has 1 atom stereocenters. The van der Waals surface area contributed by atoms with Crippen molar-refractivity contribution in [2.24, 2.45) is 5.92 Å². The maximum atomic E-state index is 12.2. The number of hydrogen-bond donors (Lipinski definition) is 1. The van der Waals surface area contributed by atoms with Crippen LogP contribution < -0.4 is 5.32 Å². The van der Waals surface area contributed by atoms with Crippen molar-refractivity contribution in [2.75, 3.05) is 18.4 Å². The summed E-state index contributed by atoms with van der Waals surface area (Å²) in [6, 6.07) is 7.63. The fourth-order valence-corrected chi connectivity index (χ4v) is 2.63. The molecule has 1 aromatic rings. The fourth-order valence-electron chi connectivity index (χ4n) is 2.36. The number of anilines is 1. The maximum Gasteiger partial charge on any atom is 0.241 e. The van der Waals surface area contributed by atoms with E-state index in [1.807, 2.05) is 31.2 Å². The van der Waals surface area contributed by atoms with Gasteiger partial charge in [0.15, 0.2) is 0 Å². The minimum absolute atomic E-state index is 0.0591. The molecule has 1 saturated heterocycles. The summed E-state index contributed by atoms with van der Waals surface area (Å²) >= 11 is 3.39. The third-order valence-electron chi connectivity index (χ3n) is 3.86. The number of nitrogens with one attached hydrogen (secondary N) is 1. The second-order valence-electron chi connectivity index (χ2n) is 5.39. The number of benzene rings is 1. The largest absolute Gasteiger partial charge is 0.325 e. The van der Waals surface area contributed by atoms with E-state index in [2.05, 4.69) is 33.1 Å². The van der Waals surface area contributed by atoms with Crippen molar-refractivity contribution in [3.05, 3.63) is 28.7 Å². The van der Waals surface area contributed by atoms with Crippen LogP contribution in [0.5, 0.6) is 0 Å². The SMILES string of the molecule is CC1CCN([C@H](C)C(=O)Nc2ccc(Br)cc2)CC1. The van der Waals surface area contributed by atoms with Crippen molar-refractivity contribution in [3.63, 3.8) is 0 Å². The molecule has 4 heteroatoms. The van der Waals surface area contributed by atoms with E-state index in [0.29, 0.717) is 0 Å². The van der Waals surface area contributed by atoms with Crippen LogP contribution in [0.15, 0.2) is 28.7 Å². The molecule has 1 N–H and O–H groups in total. The van der Waals surface area contributed by atoms with Gasteiger partial charge in [-0.3, -0.25) is 9.69 Å². The molecule has 0 aliphatic carbocycles. The zero-order valence-corrected chi connectivity index (χ0v) is 13.1. The molecule has 0 aromatic heterocycles. The molecule has 1 fully saturated rings. The van der Waals surface area contributed by atoms with Crippen LogP contribution >= 0.6 is 15.9 Å². The Bertz CT molecular complexity index is 424. The molecule has 1 heterocycles. The van der Waals surface area contributed by atoms with E-state index in [9.17, 15) is 4.79 Å². The van der Waals surface area contributed by atoms with Crippen molar-refractivity contribution in [2.45, 2.75) is 32.7 Å². The first kappa shape index (κ1) is 14.5. The first-order valence-corrected chi connectivity index (χ1v) is 7.66. The summed E-state index contributed by atoms with van der Waals surface area (Å²) in [5.74, 6) is 0.870. The van der Waals surface area contributed by atoms with E-state index in [4.69, 9.17) is 0 Å². The second kappa shape index (κ2) is 6.53. The number of nitrogens with zero attached hydrogens (tertiary/aromatic N) is 1. The summed E-state index contributed by atoms with van der Waals surface area (Å²) in [7, 11) is 0. The van der Waals surface area contributed by atoms with Gasteiger partial charge in [-0.05, 0) is 63.0 Å². The van der Waals surface area contributed by atoms with Gasteiger partial charge in [0.2, 0.25) is 5.91 Å². The third-order valence-corrected chi connectivity index (χ3v) is 4.39. The molecule has 1 aliphatic heterocycles. The van der Waals surface area contributed by atoms with Gasteiger partial charge in [0, 0.05) is 10.2 Å². The summed E-state index contributed by atoms with van der Waals surface area (Å²) in [6.07, 6.45) is 2.38. The molecule has 0 unspecified atom stereocenters. The topological polar surface area (TPSA) is 32.3 Å². The highest BCUT2D eigenvalue weighted by atomic mass is 79.9. The number of carbonyl (C=O) groups is 1. The van der Waals surface area contributed by atoms with E-state index >= 15 is 0 Å². The highest BCUT2D eigenvalue weighted by Crippen LogP contribution is 2.19. The molecule has 19 heavy (non-hydrogen) atoms. The molecule has 0 radical (unpaired) electrons. The number of carbonyl (C=O) groups excluding carboxylic acids is 1. The van der Waals surface area contributed by atoms with Gasteiger partial charge in [0.05, 0.1) is 6.04 Å². The van der Waals surface area contributed by atoms with Gasteiger partial charge < -0.3 is 5.32 Å². The predicted molar refractivity (Wildman–Crippen MR) is 82.2 cm³/mol. The van der Waals surface area contributed by atoms with Gasteiger partial charge >= 0.3 is 0 Å². The molecule has 104 valence electrons. The van der Waals surface area contributed by atoms with E-state index in [-0.39, 0.29) is 11.9 Å². The summed E-state index contributed by atoms with van der Waals surface area (Å²) in [6.45, 7) is 6.32. The Morgan fingerprint density at radius 1 is 1.32 bits per heavy atom. The monoisotopic (exact) mass is 324 g/mol. The fraction of sp³-hybridized carbons (Fsp3) is 0.533. The zero-order chi connectivity index (χ0) is 13.8. The van der Waals surface area contributed by atoms with Crippen LogP contribution in [-0.2, 0) is 4.79 Å². The molecule has 3 nitrogen and oxygen atoms in total. The Morgan fingerprint density at radius 3 is 2.47 bits per heavy atom. The van der Waals surface area contributed by atoms with E-state index < -0.39 is 0 Å². The molecule has 0 saturated carbocycles. The van der Waals surface area contributed by atoms with Crippen molar-refractivity contribution >= 4 is 27.5 Å². The average molecular weight is 325 g/mol. The second-order valence-corrected chi connectivity index (χ2v) is 6.31. The van der Waals surface area contributed by atoms with Crippen LogP contribution in [0.25, 0.3) is 0 Å². The van der Waals surface area contributed by atoms with E-state index in [0.717, 1.165) is 29.2 Å². The summed E-state index contributed by atoms with van der Waals surface area (Å²) in [5.41, 5.74) is 0.852. The highest BCUT2D eigenvalue weighted by Gasteiger charge is 2.24. The molecule has 1 aliphatic rings. The quantitative estimate of drug-likeness (QED) is 0.922. The lowest BCUT2D eigenvalue weighted by Gasteiger charge is -2.34. The molecular weight excluding hydrogens is 304 g/mol. The van der Waals surface area contributed by atoms with Crippen molar-refractivity contribution < 1.29 is 4.79 Å². The van der Waals surface area contributed by atoms with Gasteiger partial charge in [-0.15, -0.1) is 0 Å². The van der Waals surface area contributed by atoms with Crippen LogP contribution in [0.4, 0.5) is 5.69 Å². The highest BCUT2D eigenvalue weighted by molar-refractivity contribution is 9.10. The zero-order valence-electron chi connectivity index (χ0n) is 11.5. The van der Waals surface area contributed by atoms with Crippen LogP contribution in [-0.4, -0.2) is 29.9 Å². The van der Waals surface area contributed by atoms with Gasteiger partial charge in [-0.1, -0.05) is 22.9 Å². The number of rotatable bonds is 3. The number of piperidine rings is 1. The Hall–Kier alpha value is -0.870. The number of amides is 1. The van der Waals surface area contributed by atoms with E-state index in [1.165, 1.54) is 12.8 Å². The van der Waals surface area contributed by atoms with Gasteiger partial charge in [-0.2, -0.15) is 0 Å². The van der Waals surface area contributed by atoms with Crippen LogP contribution in [0, 0.1) is 5.92 Å². The smallest absolute Gasteiger partial charge is 0.241 e. The molecule has 1 amide bonds. The van der Waals surface area contributed by atoms with Crippen molar-refractivity contribution in [1.29, 1.82) is 0 Å². The molecule has 2 rings (SSSR count). The van der Waals surface area contributed by atoms with Crippen molar-refractivity contribution in [1.82, 2.24) is 4.90 Å². The third kappa shape index (κ3) is 4.05. The minimum atomic E-state index is -0.0591. The van der Waals surface area contributed by atoms with Gasteiger partial charge in [0.1, 0.15) is 0 Å². The lowest BCUT2D eigenvalue weighted by atomic mass is 9.98. The summed E-state index contributed by atoms with van der Waals surface area (Å²) in [5, 5.41) is 2.98. The average Bonchev–Trinajstić information content (AvgIpc) is 2.41. The lowest BCUT2D eigenvalue weighted by Crippen LogP contribution is -2.45. The normalized spacial score (nSPS) is 19.1. The standard InChI is InChI=1S/C15H21BrN2O/c1-11-7-9-18(10-8-11)12(2)15(19)17-14-5-3-13(16)4-6-14/h3-6,11-12H,7-10H2,1-2H3,(H,17,19)/t12-/m1/s1. The van der Waals surface area contributed by atoms with Crippen LogP contribution in [0.2, 0.25) is 0 Å². The molecule has 0 spiro atoms. The Morgan fingerprint density at radius 2 is 1.89 bits per heavy atom. The predicted octanol–water partition coefficient (Wildman–Crippen LogP) is 3.51. The Kier molecular flexibility index (Phi) is 4.99. The van der Waals surface area contributed by atoms with Crippen LogP contribution in [0.3, 0.4) is 0 Å². The molecular formula is C15H21BrN2O. The first-order chi connectivity index (χ1) is 9.06. The summed E-state index contributed by atoms with van der Waals surface area (Å²) in [4.78, 5) is 14.5. The number of hydrogen-bond acceptors (Lipinski definition) is 2. The minimum Gasteiger partial charge on any atom is -0.325 e. The lowest BCUT2D eigenvalue weighted by molar-refractivity contribution is -0.121. The van der Waals surface area contributed by atoms with Gasteiger partial charge in [0.25, 0.3) is 0 Å². The molecule has 1 aromatic carbocycles. The maximum absolute atomic E-state index is 12.2.